The third kappa shape index (κ3) is 8.68. The molecule has 0 aliphatic heterocycles. The van der Waals surface area contributed by atoms with Crippen molar-refractivity contribution >= 4 is 9.53 Å². The Kier molecular flexibility index (Phi) is 11.3. The van der Waals surface area contributed by atoms with Crippen LogP contribution in [0, 0.1) is 0 Å². The smallest absolute Gasteiger partial charge is 0.376 e. The van der Waals surface area contributed by atoms with E-state index in [-0.39, 0.29) is 0 Å². The zero-order valence-electron chi connectivity index (χ0n) is 9.75. The Hall–Kier alpha value is 0.0969. The van der Waals surface area contributed by atoms with Crippen LogP contribution >= 0.6 is 0 Å². The van der Waals surface area contributed by atoms with E-state index in [1.54, 1.807) is 0 Å². The Bertz CT molecular complexity index is 102. The van der Waals surface area contributed by atoms with Crippen molar-refractivity contribution in [3.63, 3.8) is 0 Å². The number of hydrogen-bond donors (Lipinski definition) is 0. The molecule has 0 saturated heterocycles. The zero-order chi connectivity index (χ0) is 10.6. The van der Waals surface area contributed by atoms with Crippen LogP contribution in [0.2, 0.25) is 0 Å². The quantitative estimate of drug-likeness (QED) is 0.418. The van der Waals surface area contributed by atoms with E-state index in [4.69, 9.17) is 13.3 Å². The van der Waals surface area contributed by atoms with Crippen molar-refractivity contribution in [2.75, 3.05) is 19.8 Å². The Labute approximate surface area is 89.7 Å². The first-order chi connectivity index (χ1) is 6.85. The lowest BCUT2D eigenvalue weighted by Crippen LogP contribution is -2.28. The van der Waals surface area contributed by atoms with Crippen LogP contribution in [0.3, 0.4) is 0 Å². The summed E-state index contributed by atoms with van der Waals surface area (Å²) in [4.78, 5) is 0. The monoisotopic (exact) mass is 220 g/mol. The third-order valence-electron chi connectivity index (χ3n) is 1.81. The Balaban J connectivity index is 3.44. The van der Waals surface area contributed by atoms with Gasteiger partial charge in [0.1, 0.15) is 0 Å². The molecular weight excluding hydrogens is 196 g/mol. The second kappa shape index (κ2) is 11.2. The molecule has 0 bridgehead atoms. The largest absolute Gasteiger partial charge is 0.484 e. The first-order valence-corrected chi connectivity index (χ1v) is 7.11. The van der Waals surface area contributed by atoms with Gasteiger partial charge in [0.05, 0.1) is 0 Å². The first-order valence-electron chi connectivity index (χ1n) is 5.69. The number of unbranched alkanes of at least 4 members (excludes halogenated alkanes) is 2. The highest BCUT2D eigenvalue weighted by atomic mass is 28.3. The van der Waals surface area contributed by atoms with Gasteiger partial charge in [0, 0.05) is 19.8 Å². The maximum absolute atomic E-state index is 5.56. The summed E-state index contributed by atoms with van der Waals surface area (Å²) in [6, 6.07) is 0. The topological polar surface area (TPSA) is 27.7 Å². The van der Waals surface area contributed by atoms with Crippen molar-refractivity contribution in [1.82, 2.24) is 0 Å². The van der Waals surface area contributed by atoms with Crippen molar-refractivity contribution in [2.24, 2.45) is 0 Å². The predicted molar refractivity (Wildman–Crippen MR) is 60.5 cm³/mol. The lowest BCUT2D eigenvalue weighted by atomic mass is 10.4. The van der Waals surface area contributed by atoms with E-state index < -0.39 is 9.53 Å². The second-order valence-corrected chi connectivity index (χ2v) is 4.77. The molecule has 0 radical (unpaired) electrons. The molecule has 4 heteroatoms. The molecule has 0 N–H and O–H groups in total. The summed E-state index contributed by atoms with van der Waals surface area (Å²) in [5.74, 6) is 0. The van der Waals surface area contributed by atoms with Gasteiger partial charge in [-0.25, -0.2) is 0 Å². The molecule has 0 spiro atoms. The molecule has 0 atom stereocenters. The van der Waals surface area contributed by atoms with Crippen LogP contribution in [0.4, 0.5) is 0 Å². The molecule has 0 aliphatic rings. The lowest BCUT2D eigenvalue weighted by molar-refractivity contribution is 0.0952. The van der Waals surface area contributed by atoms with Crippen LogP contribution in [0.1, 0.15) is 46.5 Å². The van der Waals surface area contributed by atoms with E-state index in [2.05, 4.69) is 13.8 Å². The third-order valence-corrected chi connectivity index (χ3v) is 3.43. The van der Waals surface area contributed by atoms with Gasteiger partial charge in [0.2, 0.25) is 0 Å². The maximum atomic E-state index is 5.56. The van der Waals surface area contributed by atoms with Gasteiger partial charge in [-0.3, -0.25) is 0 Å². The molecule has 3 nitrogen and oxygen atoms in total. The zero-order valence-corrected chi connectivity index (χ0v) is 10.9. The van der Waals surface area contributed by atoms with Gasteiger partial charge in [-0.2, -0.15) is 0 Å². The molecule has 0 aliphatic carbocycles. The molecule has 0 rings (SSSR count). The van der Waals surface area contributed by atoms with Gasteiger partial charge in [0.15, 0.2) is 0 Å². The van der Waals surface area contributed by atoms with Crippen LogP contribution in [0.25, 0.3) is 0 Å². The van der Waals surface area contributed by atoms with E-state index in [0.717, 1.165) is 38.9 Å². The minimum absolute atomic E-state index is 0.690. The predicted octanol–water partition coefficient (Wildman–Crippen LogP) is 2.37. The Morgan fingerprint density at radius 2 is 1.29 bits per heavy atom. The number of hydrogen-bond acceptors (Lipinski definition) is 3. The molecular formula is C10H24O3Si. The highest BCUT2D eigenvalue weighted by molar-refractivity contribution is 6.36. The molecule has 0 aromatic carbocycles. The van der Waals surface area contributed by atoms with E-state index in [1.165, 1.54) is 0 Å². The van der Waals surface area contributed by atoms with Crippen molar-refractivity contribution in [3.8, 4) is 0 Å². The minimum Gasteiger partial charge on any atom is -0.376 e. The highest BCUT2D eigenvalue weighted by Gasteiger charge is 2.13. The van der Waals surface area contributed by atoms with Gasteiger partial charge in [-0.1, -0.05) is 26.7 Å². The molecule has 0 aromatic heterocycles. The summed E-state index contributed by atoms with van der Waals surface area (Å²) in [7, 11) is -1.80. The summed E-state index contributed by atoms with van der Waals surface area (Å²) in [6.07, 6.45) is 4.49. The molecule has 86 valence electrons. The first kappa shape index (κ1) is 14.1. The van der Waals surface area contributed by atoms with Gasteiger partial charge < -0.3 is 13.3 Å². The maximum Gasteiger partial charge on any atom is 0.484 e. The van der Waals surface area contributed by atoms with Crippen LogP contribution in [0.5, 0.6) is 0 Å². The SMILES string of the molecule is CCCCO[SiH](OCC)OCCCC. The summed E-state index contributed by atoms with van der Waals surface area (Å²) in [6.45, 7) is 8.53. The fourth-order valence-corrected chi connectivity index (χ4v) is 2.21. The molecule has 0 amide bonds. The van der Waals surface area contributed by atoms with Crippen molar-refractivity contribution < 1.29 is 13.3 Å². The van der Waals surface area contributed by atoms with Gasteiger partial charge >= 0.3 is 9.53 Å². The fourth-order valence-electron chi connectivity index (χ4n) is 0.928. The normalized spacial score (nSPS) is 11.1. The van der Waals surface area contributed by atoms with E-state index in [0.29, 0.717) is 6.61 Å². The summed E-state index contributed by atoms with van der Waals surface area (Å²) < 4.78 is 16.6. The van der Waals surface area contributed by atoms with E-state index in [9.17, 15) is 0 Å². The second-order valence-electron chi connectivity index (χ2n) is 3.19. The average Bonchev–Trinajstić information content (AvgIpc) is 2.18. The van der Waals surface area contributed by atoms with Crippen LogP contribution in [-0.2, 0) is 13.3 Å². The van der Waals surface area contributed by atoms with Crippen LogP contribution in [0.15, 0.2) is 0 Å². The summed E-state index contributed by atoms with van der Waals surface area (Å²) >= 11 is 0. The number of rotatable bonds is 10. The average molecular weight is 220 g/mol. The van der Waals surface area contributed by atoms with Gasteiger partial charge in [-0.15, -0.1) is 0 Å². The highest BCUT2D eigenvalue weighted by Crippen LogP contribution is 1.98. The molecule has 0 saturated carbocycles. The van der Waals surface area contributed by atoms with E-state index in [1.807, 2.05) is 6.92 Å². The molecule has 0 aromatic rings. The molecule has 14 heavy (non-hydrogen) atoms. The summed E-state index contributed by atoms with van der Waals surface area (Å²) in [5, 5.41) is 0. The lowest BCUT2D eigenvalue weighted by Gasteiger charge is -2.15. The van der Waals surface area contributed by atoms with E-state index >= 15 is 0 Å². The molecule has 0 heterocycles. The van der Waals surface area contributed by atoms with Gasteiger partial charge in [0.25, 0.3) is 0 Å². The Morgan fingerprint density at radius 3 is 1.64 bits per heavy atom. The minimum atomic E-state index is -1.80. The van der Waals surface area contributed by atoms with Crippen LogP contribution in [-0.4, -0.2) is 29.3 Å². The standard InChI is InChI=1S/C10H24O3Si/c1-4-7-9-12-14(11-6-3)13-10-8-5-2/h14H,4-10H2,1-3H3. The molecule has 0 fully saturated rings. The van der Waals surface area contributed by atoms with Crippen molar-refractivity contribution in [3.05, 3.63) is 0 Å². The van der Waals surface area contributed by atoms with Crippen LogP contribution < -0.4 is 0 Å². The molecule has 0 unspecified atom stereocenters. The summed E-state index contributed by atoms with van der Waals surface area (Å²) in [5.41, 5.74) is 0. The van der Waals surface area contributed by atoms with Gasteiger partial charge in [-0.05, 0) is 19.8 Å². The fraction of sp³-hybridized carbons (Fsp3) is 1.00. The van der Waals surface area contributed by atoms with Crippen molar-refractivity contribution in [1.29, 1.82) is 0 Å². The van der Waals surface area contributed by atoms with Crippen molar-refractivity contribution in [2.45, 2.75) is 46.5 Å². The Morgan fingerprint density at radius 1 is 0.786 bits per heavy atom.